The predicted octanol–water partition coefficient (Wildman–Crippen LogP) is 3.78. The number of nitrogens with one attached hydrogen (secondary N) is 1. The zero-order chi connectivity index (χ0) is 21.1. The first-order chi connectivity index (χ1) is 14.6. The number of tetrazole rings is 1. The van der Waals surface area contributed by atoms with Gasteiger partial charge in [-0.1, -0.05) is 49.4 Å². The number of ether oxygens (including phenoxy) is 1. The van der Waals surface area contributed by atoms with Gasteiger partial charge in [0.25, 0.3) is 0 Å². The Hall–Kier alpha value is -3.42. The maximum absolute atomic E-state index is 12.2. The highest BCUT2D eigenvalue weighted by molar-refractivity contribution is 5.86. The van der Waals surface area contributed by atoms with Crippen molar-refractivity contribution < 1.29 is 9.53 Å². The van der Waals surface area contributed by atoms with E-state index < -0.39 is 6.03 Å². The molecule has 0 bridgehead atoms. The first-order valence-corrected chi connectivity index (χ1v) is 10.2. The summed E-state index contributed by atoms with van der Waals surface area (Å²) in [5.41, 5.74) is 9.37. The summed E-state index contributed by atoms with van der Waals surface area (Å²) in [5, 5.41) is 14.8. The molecule has 3 N–H and O–H groups in total. The van der Waals surface area contributed by atoms with Gasteiger partial charge in [-0.25, -0.2) is 4.79 Å². The van der Waals surface area contributed by atoms with E-state index in [-0.39, 0.29) is 6.04 Å². The topological polar surface area (TPSA) is 110 Å². The molecule has 2 heterocycles. The molecule has 2 atom stereocenters. The standard InChI is InChI=1S/C22H26N6O2/c1-3-30-20-17(18-13-14(2)11-12-28(18)22(23)29)10-9-16(15-7-5-4-6-8-15)19(20)21-24-26-27-25-21/h4-10,14,18H,3,11-13H2,1-2H3,(H2,23,29)(H,24,25,26,27). The van der Waals surface area contributed by atoms with Crippen LogP contribution < -0.4 is 10.5 Å². The van der Waals surface area contributed by atoms with Crippen LogP contribution in [0.3, 0.4) is 0 Å². The Kier molecular flexibility index (Phi) is 5.65. The van der Waals surface area contributed by atoms with Crippen molar-refractivity contribution in [1.82, 2.24) is 25.5 Å². The summed E-state index contributed by atoms with van der Waals surface area (Å²) in [6.45, 7) is 5.23. The fourth-order valence-electron chi connectivity index (χ4n) is 4.21. The quantitative estimate of drug-likeness (QED) is 0.670. The number of benzene rings is 2. The van der Waals surface area contributed by atoms with Crippen LogP contribution in [0.25, 0.3) is 22.5 Å². The molecule has 3 aromatic rings. The van der Waals surface area contributed by atoms with Crippen molar-refractivity contribution in [3.8, 4) is 28.3 Å². The first kappa shape index (κ1) is 19.9. The lowest BCUT2D eigenvalue weighted by molar-refractivity contribution is 0.137. The summed E-state index contributed by atoms with van der Waals surface area (Å²) >= 11 is 0. The summed E-state index contributed by atoms with van der Waals surface area (Å²) in [6.07, 6.45) is 1.75. The molecule has 156 valence electrons. The Morgan fingerprint density at radius 1 is 1.27 bits per heavy atom. The number of H-pyrrole nitrogens is 1. The molecule has 0 saturated carbocycles. The second kappa shape index (κ2) is 8.52. The lowest BCUT2D eigenvalue weighted by atomic mass is 9.85. The maximum Gasteiger partial charge on any atom is 0.315 e. The van der Waals surface area contributed by atoms with E-state index in [1.165, 1.54) is 0 Å². The summed E-state index contributed by atoms with van der Waals surface area (Å²) in [4.78, 5) is 13.9. The van der Waals surface area contributed by atoms with E-state index in [9.17, 15) is 4.79 Å². The van der Waals surface area contributed by atoms with Crippen molar-refractivity contribution in [3.63, 3.8) is 0 Å². The van der Waals surface area contributed by atoms with Gasteiger partial charge < -0.3 is 15.4 Å². The fourth-order valence-corrected chi connectivity index (χ4v) is 4.21. The van der Waals surface area contributed by atoms with Gasteiger partial charge in [-0.3, -0.25) is 0 Å². The van der Waals surface area contributed by atoms with Crippen molar-refractivity contribution >= 4 is 6.03 Å². The Balaban J connectivity index is 1.94. The van der Waals surface area contributed by atoms with Gasteiger partial charge in [0.15, 0.2) is 0 Å². The molecule has 1 saturated heterocycles. The number of urea groups is 1. The molecular formula is C22H26N6O2. The van der Waals surface area contributed by atoms with Crippen molar-refractivity contribution in [2.75, 3.05) is 13.2 Å². The minimum atomic E-state index is -0.414. The van der Waals surface area contributed by atoms with E-state index in [0.29, 0.717) is 30.6 Å². The summed E-state index contributed by atoms with van der Waals surface area (Å²) < 4.78 is 6.17. The van der Waals surface area contributed by atoms with Crippen LogP contribution in [0.1, 0.15) is 38.3 Å². The van der Waals surface area contributed by atoms with Crippen LogP contribution in [0.15, 0.2) is 42.5 Å². The molecule has 1 aliphatic heterocycles. The molecule has 4 rings (SSSR count). The molecule has 2 unspecified atom stereocenters. The number of aromatic nitrogens is 4. The van der Waals surface area contributed by atoms with E-state index >= 15 is 0 Å². The van der Waals surface area contributed by atoms with Gasteiger partial charge in [0.2, 0.25) is 5.82 Å². The zero-order valence-electron chi connectivity index (χ0n) is 17.2. The maximum atomic E-state index is 12.2. The van der Waals surface area contributed by atoms with Crippen molar-refractivity contribution in [2.45, 2.75) is 32.7 Å². The van der Waals surface area contributed by atoms with Crippen molar-refractivity contribution in [2.24, 2.45) is 11.7 Å². The first-order valence-electron chi connectivity index (χ1n) is 10.2. The number of carbonyl (C=O) groups excluding carboxylic acids is 1. The summed E-state index contributed by atoms with van der Waals surface area (Å²) in [6, 6.07) is 13.5. The number of amides is 2. The smallest absolute Gasteiger partial charge is 0.315 e. The van der Waals surface area contributed by atoms with Crippen LogP contribution in [0.2, 0.25) is 0 Å². The van der Waals surface area contributed by atoms with Gasteiger partial charge in [-0.2, -0.15) is 5.21 Å². The molecule has 8 heteroatoms. The number of hydrogen-bond acceptors (Lipinski definition) is 5. The van der Waals surface area contributed by atoms with Crippen LogP contribution in [0, 0.1) is 5.92 Å². The molecule has 2 amide bonds. The average molecular weight is 406 g/mol. The minimum absolute atomic E-state index is 0.164. The number of carbonyl (C=O) groups is 1. The van der Waals surface area contributed by atoms with Gasteiger partial charge in [0.05, 0.1) is 18.2 Å². The number of nitrogens with zero attached hydrogens (tertiary/aromatic N) is 4. The molecule has 8 nitrogen and oxygen atoms in total. The number of nitrogens with two attached hydrogens (primary N) is 1. The second-order valence-corrected chi connectivity index (χ2v) is 7.62. The molecule has 0 radical (unpaired) electrons. The third-order valence-corrected chi connectivity index (χ3v) is 5.64. The molecule has 1 aliphatic rings. The molecular weight excluding hydrogens is 380 g/mol. The number of aromatic amines is 1. The molecule has 2 aromatic carbocycles. The van der Waals surface area contributed by atoms with Crippen molar-refractivity contribution in [1.29, 1.82) is 0 Å². The lowest BCUT2D eigenvalue weighted by Gasteiger charge is -2.38. The Bertz CT molecular complexity index is 1010. The van der Waals surface area contributed by atoms with E-state index in [2.05, 4.69) is 27.5 Å². The highest BCUT2D eigenvalue weighted by atomic mass is 16.5. The average Bonchev–Trinajstić information content (AvgIpc) is 3.28. The Morgan fingerprint density at radius 3 is 2.73 bits per heavy atom. The number of hydrogen-bond donors (Lipinski definition) is 2. The fraction of sp³-hybridized carbons (Fsp3) is 0.364. The van der Waals surface area contributed by atoms with Crippen molar-refractivity contribution in [3.05, 3.63) is 48.0 Å². The predicted molar refractivity (Wildman–Crippen MR) is 114 cm³/mol. The van der Waals surface area contributed by atoms with E-state index in [1.807, 2.05) is 49.4 Å². The third kappa shape index (κ3) is 3.72. The van der Waals surface area contributed by atoms with E-state index in [1.54, 1.807) is 4.90 Å². The molecule has 1 fully saturated rings. The molecule has 30 heavy (non-hydrogen) atoms. The van der Waals surface area contributed by atoms with Gasteiger partial charge in [0, 0.05) is 12.1 Å². The minimum Gasteiger partial charge on any atom is -0.493 e. The van der Waals surface area contributed by atoms with E-state index in [0.717, 1.165) is 35.1 Å². The SMILES string of the molecule is CCOc1c(C2CC(C)CCN2C(N)=O)ccc(-c2ccccc2)c1-c1nn[nH]n1. The summed E-state index contributed by atoms with van der Waals surface area (Å²) in [7, 11) is 0. The molecule has 0 spiro atoms. The zero-order valence-corrected chi connectivity index (χ0v) is 17.2. The number of piperidine rings is 1. The summed E-state index contributed by atoms with van der Waals surface area (Å²) in [5.74, 6) is 1.60. The number of rotatable bonds is 5. The van der Waals surface area contributed by atoms with E-state index in [4.69, 9.17) is 10.5 Å². The van der Waals surface area contributed by atoms with Crippen LogP contribution in [-0.4, -0.2) is 44.7 Å². The van der Waals surface area contributed by atoms with Crippen LogP contribution >= 0.6 is 0 Å². The lowest BCUT2D eigenvalue weighted by Crippen LogP contribution is -2.43. The molecule has 0 aliphatic carbocycles. The monoisotopic (exact) mass is 406 g/mol. The largest absolute Gasteiger partial charge is 0.493 e. The third-order valence-electron chi connectivity index (χ3n) is 5.64. The van der Waals surface area contributed by atoms with Crippen LogP contribution in [0.4, 0.5) is 4.79 Å². The molecule has 1 aromatic heterocycles. The second-order valence-electron chi connectivity index (χ2n) is 7.62. The van der Waals surface area contributed by atoms with Crippen LogP contribution in [-0.2, 0) is 0 Å². The van der Waals surface area contributed by atoms with Gasteiger partial charge in [-0.05, 0) is 42.0 Å². The normalized spacial score (nSPS) is 18.9. The number of primary amides is 1. The highest BCUT2D eigenvalue weighted by Gasteiger charge is 2.34. The van der Waals surface area contributed by atoms with Gasteiger partial charge in [0.1, 0.15) is 5.75 Å². The van der Waals surface area contributed by atoms with Gasteiger partial charge >= 0.3 is 6.03 Å². The van der Waals surface area contributed by atoms with Crippen LogP contribution in [0.5, 0.6) is 5.75 Å². The number of likely N-dealkylation sites (tertiary alicyclic amines) is 1. The van der Waals surface area contributed by atoms with Gasteiger partial charge in [-0.15, -0.1) is 10.2 Å². The highest BCUT2D eigenvalue weighted by Crippen LogP contribution is 2.45. The Morgan fingerprint density at radius 2 is 2.07 bits per heavy atom. The Labute approximate surface area is 175 Å².